The number of halogens is 2. The van der Waals surface area contributed by atoms with Crippen LogP contribution in [-0.4, -0.2) is 10.9 Å². The molecule has 0 atom stereocenters. The number of aromatic nitrogens is 1. The van der Waals surface area contributed by atoms with Gasteiger partial charge in [0.15, 0.2) is 0 Å². The summed E-state index contributed by atoms with van der Waals surface area (Å²) < 4.78 is 13.6. The second-order valence-electron chi connectivity index (χ2n) is 4.86. The monoisotopic (exact) mass is 332 g/mol. The normalized spacial score (nSPS) is 10.1. The largest absolute Gasteiger partial charge is 0.358 e. The maximum absolute atomic E-state index is 13.6. The maximum Gasteiger partial charge on any atom is 0.257 e. The number of H-pyrrole nitrogens is 1. The van der Waals surface area contributed by atoms with E-state index >= 15 is 0 Å². The molecule has 0 saturated carbocycles. The number of para-hydroxylation sites is 1. The molecule has 0 fully saturated rings. The molecular weight excluding hydrogens is 319 g/mol. The first kappa shape index (κ1) is 16.7. The minimum Gasteiger partial charge on any atom is -0.358 e. The molecular formula is C17H14ClFN2O2. The quantitative estimate of drug-likeness (QED) is 0.774. The standard InChI is InChI=1S/C17H13FN2O2.ClH/c18-14-8-4-7-12-15(14)19-10-13(16(12)21)17(22)20-9-11-5-2-1-3-6-11;/h1-8,10H,9H2,(H,19,21)(H,20,22);1H. The van der Waals surface area contributed by atoms with Crippen molar-refractivity contribution in [3.8, 4) is 0 Å². The Morgan fingerprint density at radius 1 is 1.09 bits per heavy atom. The van der Waals surface area contributed by atoms with Gasteiger partial charge in [0.25, 0.3) is 5.91 Å². The number of pyridine rings is 1. The number of hydrogen-bond acceptors (Lipinski definition) is 2. The van der Waals surface area contributed by atoms with Gasteiger partial charge in [-0.25, -0.2) is 4.39 Å². The lowest BCUT2D eigenvalue weighted by atomic mass is 10.1. The van der Waals surface area contributed by atoms with Crippen molar-refractivity contribution in [2.24, 2.45) is 0 Å². The SMILES string of the molecule is Cl.O=C(NCc1ccccc1)c1c[nH]c2c(F)cccc2c1=O. The minimum atomic E-state index is -0.522. The Hall–Kier alpha value is -2.66. The van der Waals surface area contributed by atoms with Crippen molar-refractivity contribution in [3.05, 3.63) is 81.9 Å². The Bertz CT molecular complexity index is 894. The van der Waals surface area contributed by atoms with E-state index in [0.717, 1.165) is 5.56 Å². The van der Waals surface area contributed by atoms with Gasteiger partial charge in [0.2, 0.25) is 5.43 Å². The van der Waals surface area contributed by atoms with E-state index < -0.39 is 17.2 Å². The fraction of sp³-hybridized carbons (Fsp3) is 0.0588. The average molecular weight is 333 g/mol. The van der Waals surface area contributed by atoms with Gasteiger partial charge >= 0.3 is 0 Å². The summed E-state index contributed by atoms with van der Waals surface area (Å²) in [5.74, 6) is -1.01. The molecule has 118 valence electrons. The number of carbonyl (C=O) groups excluding carboxylic acids is 1. The summed E-state index contributed by atoms with van der Waals surface area (Å²) in [7, 11) is 0. The molecule has 6 heteroatoms. The molecule has 0 radical (unpaired) electrons. The molecule has 3 aromatic rings. The number of rotatable bonds is 3. The van der Waals surface area contributed by atoms with Crippen LogP contribution < -0.4 is 10.7 Å². The van der Waals surface area contributed by atoms with E-state index in [9.17, 15) is 14.0 Å². The zero-order chi connectivity index (χ0) is 15.5. The fourth-order valence-corrected chi connectivity index (χ4v) is 2.26. The van der Waals surface area contributed by atoms with Crippen molar-refractivity contribution in [2.45, 2.75) is 6.54 Å². The molecule has 4 nitrogen and oxygen atoms in total. The highest BCUT2D eigenvalue weighted by molar-refractivity contribution is 5.97. The van der Waals surface area contributed by atoms with E-state index in [0.29, 0.717) is 6.54 Å². The van der Waals surface area contributed by atoms with Crippen molar-refractivity contribution < 1.29 is 9.18 Å². The number of fused-ring (bicyclic) bond motifs is 1. The van der Waals surface area contributed by atoms with Crippen LogP contribution in [0.1, 0.15) is 15.9 Å². The van der Waals surface area contributed by atoms with E-state index in [1.165, 1.54) is 24.4 Å². The molecule has 23 heavy (non-hydrogen) atoms. The van der Waals surface area contributed by atoms with Crippen molar-refractivity contribution in [1.82, 2.24) is 10.3 Å². The predicted molar refractivity (Wildman–Crippen MR) is 89.4 cm³/mol. The molecule has 0 unspecified atom stereocenters. The lowest BCUT2D eigenvalue weighted by Crippen LogP contribution is -2.28. The molecule has 0 spiro atoms. The molecule has 0 aliphatic heterocycles. The molecule has 1 aromatic heterocycles. The molecule has 0 bridgehead atoms. The Kier molecular flexibility index (Phi) is 5.13. The number of carbonyl (C=O) groups is 1. The van der Waals surface area contributed by atoms with Gasteiger partial charge in [-0.2, -0.15) is 0 Å². The van der Waals surface area contributed by atoms with E-state index in [-0.39, 0.29) is 28.9 Å². The Morgan fingerprint density at radius 3 is 2.57 bits per heavy atom. The average Bonchev–Trinajstić information content (AvgIpc) is 2.55. The van der Waals surface area contributed by atoms with Crippen LogP contribution in [0, 0.1) is 5.82 Å². The summed E-state index contributed by atoms with van der Waals surface area (Å²) >= 11 is 0. The fourth-order valence-electron chi connectivity index (χ4n) is 2.26. The molecule has 3 rings (SSSR count). The Labute approximate surface area is 137 Å². The van der Waals surface area contributed by atoms with Crippen molar-refractivity contribution >= 4 is 29.2 Å². The van der Waals surface area contributed by atoms with Crippen molar-refractivity contribution in [3.63, 3.8) is 0 Å². The Morgan fingerprint density at radius 2 is 1.83 bits per heavy atom. The van der Waals surface area contributed by atoms with Gasteiger partial charge in [-0.1, -0.05) is 36.4 Å². The number of hydrogen-bond donors (Lipinski definition) is 2. The van der Waals surface area contributed by atoms with Crippen LogP contribution in [0.5, 0.6) is 0 Å². The second-order valence-corrected chi connectivity index (χ2v) is 4.86. The number of amides is 1. The highest BCUT2D eigenvalue weighted by atomic mass is 35.5. The first-order valence-electron chi connectivity index (χ1n) is 6.79. The third kappa shape index (κ3) is 3.40. The van der Waals surface area contributed by atoms with Crippen molar-refractivity contribution in [2.75, 3.05) is 0 Å². The third-order valence-electron chi connectivity index (χ3n) is 3.40. The van der Waals surface area contributed by atoms with Crippen LogP contribution in [0.3, 0.4) is 0 Å². The van der Waals surface area contributed by atoms with E-state index in [2.05, 4.69) is 10.3 Å². The summed E-state index contributed by atoms with van der Waals surface area (Å²) in [6.07, 6.45) is 1.24. The van der Waals surface area contributed by atoms with Crippen LogP contribution >= 0.6 is 12.4 Å². The van der Waals surface area contributed by atoms with Gasteiger partial charge in [0.05, 0.1) is 5.52 Å². The molecule has 1 heterocycles. The van der Waals surface area contributed by atoms with Gasteiger partial charge in [-0.05, 0) is 17.7 Å². The Balaban J connectivity index is 0.00000192. The number of nitrogens with one attached hydrogen (secondary N) is 2. The molecule has 0 aliphatic rings. The lowest BCUT2D eigenvalue weighted by Gasteiger charge is -2.06. The first-order valence-corrected chi connectivity index (χ1v) is 6.79. The van der Waals surface area contributed by atoms with Crippen LogP contribution in [0.2, 0.25) is 0 Å². The van der Waals surface area contributed by atoms with E-state index in [1.54, 1.807) is 0 Å². The maximum atomic E-state index is 13.6. The summed E-state index contributed by atoms with van der Waals surface area (Å²) in [5, 5.41) is 2.84. The second kappa shape index (κ2) is 7.07. The highest BCUT2D eigenvalue weighted by Gasteiger charge is 2.14. The zero-order valence-corrected chi connectivity index (χ0v) is 12.8. The van der Waals surface area contributed by atoms with Gasteiger partial charge in [-0.3, -0.25) is 9.59 Å². The molecule has 2 N–H and O–H groups in total. The summed E-state index contributed by atoms with van der Waals surface area (Å²) in [4.78, 5) is 27.1. The third-order valence-corrected chi connectivity index (χ3v) is 3.40. The van der Waals surface area contributed by atoms with E-state index in [1.807, 2.05) is 30.3 Å². The highest BCUT2D eigenvalue weighted by Crippen LogP contribution is 2.12. The number of benzene rings is 2. The smallest absolute Gasteiger partial charge is 0.257 e. The number of aromatic amines is 1. The van der Waals surface area contributed by atoms with Crippen LogP contribution in [0.15, 0.2) is 59.5 Å². The lowest BCUT2D eigenvalue weighted by molar-refractivity contribution is 0.0949. The van der Waals surface area contributed by atoms with Gasteiger partial charge in [0, 0.05) is 18.1 Å². The van der Waals surface area contributed by atoms with Gasteiger partial charge in [-0.15, -0.1) is 12.4 Å². The molecule has 2 aromatic carbocycles. The van der Waals surface area contributed by atoms with Crippen LogP contribution in [0.25, 0.3) is 10.9 Å². The minimum absolute atomic E-state index is 0. The summed E-state index contributed by atoms with van der Waals surface area (Å²) in [6.45, 7) is 0.320. The molecule has 1 amide bonds. The first-order chi connectivity index (χ1) is 10.7. The zero-order valence-electron chi connectivity index (χ0n) is 12.0. The molecule has 0 saturated heterocycles. The van der Waals surface area contributed by atoms with Crippen LogP contribution in [0.4, 0.5) is 4.39 Å². The van der Waals surface area contributed by atoms with Gasteiger partial charge in [0.1, 0.15) is 11.4 Å². The van der Waals surface area contributed by atoms with Crippen molar-refractivity contribution in [1.29, 1.82) is 0 Å². The van der Waals surface area contributed by atoms with Gasteiger partial charge < -0.3 is 10.3 Å². The topological polar surface area (TPSA) is 62.0 Å². The summed E-state index contributed by atoms with van der Waals surface area (Å²) in [6, 6.07) is 13.6. The predicted octanol–water partition coefficient (Wildman–Crippen LogP) is 3.02. The van der Waals surface area contributed by atoms with E-state index in [4.69, 9.17) is 0 Å². The molecule has 0 aliphatic carbocycles. The van der Waals surface area contributed by atoms with Crippen LogP contribution in [-0.2, 0) is 6.54 Å². The summed E-state index contributed by atoms with van der Waals surface area (Å²) in [5.41, 5.74) is 0.513.